The Morgan fingerprint density at radius 3 is 2.77 bits per heavy atom. The molecule has 0 spiro atoms. The van der Waals surface area contributed by atoms with Crippen LogP contribution < -0.4 is 5.32 Å². The Morgan fingerprint density at radius 2 is 2.04 bits per heavy atom. The van der Waals surface area contributed by atoms with Crippen LogP contribution in [-0.4, -0.2) is 40.3 Å². The number of urea groups is 1. The van der Waals surface area contributed by atoms with Crippen molar-refractivity contribution in [1.82, 2.24) is 20.1 Å². The maximum atomic E-state index is 14.3. The van der Waals surface area contributed by atoms with Crippen molar-refractivity contribution in [3.05, 3.63) is 77.0 Å². The van der Waals surface area contributed by atoms with Crippen LogP contribution in [0, 0.1) is 5.82 Å². The largest absolute Gasteiger partial charge is 0.329 e. The van der Waals surface area contributed by atoms with E-state index in [2.05, 4.69) is 10.3 Å². The highest BCUT2D eigenvalue weighted by Crippen LogP contribution is 2.36. The summed E-state index contributed by atoms with van der Waals surface area (Å²) in [4.78, 5) is 32.5. The second-order valence-electron chi connectivity index (χ2n) is 6.35. The van der Waals surface area contributed by atoms with Crippen LogP contribution in [0.15, 0.2) is 60.1 Å². The van der Waals surface area contributed by atoms with E-state index >= 15 is 0 Å². The molecule has 1 aromatic carbocycles. The topological polar surface area (TPSA) is 65.5 Å². The summed E-state index contributed by atoms with van der Waals surface area (Å²) in [5.74, 6) is -0.656. The second kappa shape index (κ2) is 6.25. The van der Waals surface area contributed by atoms with E-state index in [0.29, 0.717) is 24.4 Å². The van der Waals surface area contributed by atoms with Gasteiger partial charge < -0.3 is 10.2 Å². The fourth-order valence-electron chi connectivity index (χ4n) is 3.41. The molecule has 0 fully saturated rings. The van der Waals surface area contributed by atoms with Crippen molar-refractivity contribution in [3.8, 4) is 0 Å². The summed E-state index contributed by atoms with van der Waals surface area (Å²) in [6.45, 7) is 0.684. The summed E-state index contributed by atoms with van der Waals surface area (Å²) >= 11 is 0. The number of carbonyl (C=O) groups is 2. The average molecular weight is 352 g/mol. The zero-order valence-electron chi connectivity index (χ0n) is 14.1. The molecular formula is C19H17FN4O2. The molecule has 1 atom stereocenters. The van der Waals surface area contributed by atoms with Crippen molar-refractivity contribution in [2.24, 2.45) is 0 Å². The van der Waals surface area contributed by atoms with Gasteiger partial charge in [-0.25, -0.2) is 9.18 Å². The van der Waals surface area contributed by atoms with E-state index < -0.39 is 11.9 Å². The highest BCUT2D eigenvalue weighted by Gasteiger charge is 2.43. The Labute approximate surface area is 149 Å². The van der Waals surface area contributed by atoms with E-state index in [-0.39, 0.29) is 17.5 Å². The lowest BCUT2D eigenvalue weighted by Gasteiger charge is -2.31. The van der Waals surface area contributed by atoms with Crippen molar-refractivity contribution < 1.29 is 14.0 Å². The van der Waals surface area contributed by atoms with E-state index in [1.54, 1.807) is 42.5 Å². The molecule has 2 aromatic rings. The monoisotopic (exact) mass is 352 g/mol. The van der Waals surface area contributed by atoms with Gasteiger partial charge in [0.15, 0.2) is 0 Å². The number of halogens is 1. The van der Waals surface area contributed by atoms with Crippen LogP contribution in [-0.2, 0) is 11.3 Å². The van der Waals surface area contributed by atoms with Gasteiger partial charge in [-0.1, -0.05) is 24.3 Å². The molecule has 0 radical (unpaired) electrons. The molecule has 0 bridgehead atoms. The van der Waals surface area contributed by atoms with Gasteiger partial charge >= 0.3 is 6.03 Å². The van der Waals surface area contributed by atoms with Crippen LogP contribution in [0.5, 0.6) is 0 Å². The molecule has 1 N–H and O–H groups in total. The minimum absolute atomic E-state index is 0.205. The maximum Gasteiger partial charge on any atom is 0.322 e. The molecule has 6 nitrogen and oxygen atoms in total. The number of carbonyl (C=O) groups excluding carboxylic acids is 2. The minimum atomic E-state index is -0.790. The molecule has 1 aromatic heterocycles. The van der Waals surface area contributed by atoms with Crippen LogP contribution in [0.4, 0.5) is 9.18 Å². The Morgan fingerprint density at radius 1 is 1.23 bits per heavy atom. The highest BCUT2D eigenvalue weighted by atomic mass is 19.1. The molecule has 2 aliphatic heterocycles. The Hall–Kier alpha value is -3.22. The first-order valence-electron chi connectivity index (χ1n) is 8.26. The van der Waals surface area contributed by atoms with Gasteiger partial charge in [0, 0.05) is 31.5 Å². The summed E-state index contributed by atoms with van der Waals surface area (Å²) in [7, 11) is 1.61. The van der Waals surface area contributed by atoms with E-state index in [4.69, 9.17) is 0 Å². The lowest BCUT2D eigenvalue weighted by Crippen LogP contribution is -2.45. The predicted molar refractivity (Wildman–Crippen MR) is 92.1 cm³/mol. The Balaban J connectivity index is 1.70. The van der Waals surface area contributed by atoms with Crippen LogP contribution >= 0.6 is 0 Å². The fraction of sp³-hybridized carbons (Fsp3) is 0.211. The lowest BCUT2D eigenvalue weighted by atomic mass is 9.95. The maximum absolute atomic E-state index is 14.3. The molecular weight excluding hydrogens is 335 g/mol. The third-order valence-electron chi connectivity index (χ3n) is 4.75. The number of benzene rings is 1. The number of nitrogens with zero attached hydrogens (tertiary/aromatic N) is 3. The number of nitrogens with one attached hydrogen (secondary N) is 1. The van der Waals surface area contributed by atoms with Gasteiger partial charge in [0.05, 0.1) is 23.9 Å². The van der Waals surface area contributed by atoms with E-state index in [9.17, 15) is 14.0 Å². The Kier molecular flexibility index (Phi) is 3.91. The van der Waals surface area contributed by atoms with Gasteiger partial charge in [0.25, 0.3) is 5.91 Å². The number of hydrogen-bond acceptors (Lipinski definition) is 3. The van der Waals surface area contributed by atoms with Crippen LogP contribution in [0.1, 0.15) is 17.2 Å². The minimum Gasteiger partial charge on any atom is -0.329 e. The van der Waals surface area contributed by atoms with Gasteiger partial charge in [-0.3, -0.25) is 14.7 Å². The SMILES string of the molecule is CN1C(=O)NC(c2ccccc2F)C2=C1CN(Cc1cccnc1)C2=O. The number of hydrogen-bond donors (Lipinski definition) is 1. The van der Waals surface area contributed by atoms with Crippen molar-refractivity contribution in [1.29, 1.82) is 0 Å². The van der Waals surface area contributed by atoms with Crippen LogP contribution in [0.3, 0.4) is 0 Å². The van der Waals surface area contributed by atoms with E-state index in [0.717, 1.165) is 5.56 Å². The number of likely N-dealkylation sites (N-methyl/N-ethyl adjacent to an activating group) is 1. The second-order valence-corrected chi connectivity index (χ2v) is 6.35. The van der Waals surface area contributed by atoms with Crippen LogP contribution in [0.2, 0.25) is 0 Å². The zero-order valence-corrected chi connectivity index (χ0v) is 14.1. The fourth-order valence-corrected chi connectivity index (χ4v) is 3.41. The van der Waals surface area contributed by atoms with Gasteiger partial charge in [-0.05, 0) is 17.7 Å². The van der Waals surface area contributed by atoms with Crippen molar-refractivity contribution in [3.63, 3.8) is 0 Å². The molecule has 1 unspecified atom stereocenters. The average Bonchev–Trinajstić information content (AvgIpc) is 2.97. The Bertz CT molecular complexity index is 913. The normalized spacial score (nSPS) is 19.7. The summed E-state index contributed by atoms with van der Waals surface area (Å²) in [5, 5.41) is 2.74. The smallest absolute Gasteiger partial charge is 0.322 e. The molecule has 3 amide bonds. The number of aromatic nitrogens is 1. The molecule has 0 aliphatic carbocycles. The highest BCUT2D eigenvalue weighted by molar-refractivity contribution is 6.01. The van der Waals surface area contributed by atoms with Crippen molar-refractivity contribution >= 4 is 11.9 Å². The first kappa shape index (κ1) is 16.3. The third kappa shape index (κ3) is 2.61. The van der Waals surface area contributed by atoms with E-state index in [1.807, 2.05) is 12.1 Å². The third-order valence-corrected chi connectivity index (χ3v) is 4.75. The molecule has 132 valence electrons. The van der Waals surface area contributed by atoms with Gasteiger partial charge in [0.2, 0.25) is 0 Å². The van der Waals surface area contributed by atoms with E-state index in [1.165, 1.54) is 11.0 Å². The lowest BCUT2D eigenvalue weighted by molar-refractivity contribution is -0.126. The number of amides is 3. The molecule has 0 saturated carbocycles. The molecule has 0 saturated heterocycles. The van der Waals surface area contributed by atoms with Crippen LogP contribution in [0.25, 0.3) is 0 Å². The van der Waals surface area contributed by atoms with Gasteiger partial charge in [-0.2, -0.15) is 0 Å². The summed E-state index contributed by atoms with van der Waals surface area (Å²) in [6.07, 6.45) is 3.37. The number of pyridine rings is 1. The first-order chi connectivity index (χ1) is 12.6. The molecule has 7 heteroatoms. The van der Waals surface area contributed by atoms with Crippen molar-refractivity contribution in [2.45, 2.75) is 12.6 Å². The summed E-state index contributed by atoms with van der Waals surface area (Å²) in [6, 6.07) is 8.74. The summed E-state index contributed by atoms with van der Waals surface area (Å²) in [5.41, 5.74) is 2.21. The summed E-state index contributed by atoms with van der Waals surface area (Å²) < 4.78 is 14.3. The predicted octanol–water partition coefficient (Wildman–Crippen LogP) is 2.21. The number of rotatable bonds is 3. The standard InChI is InChI=1S/C19H17FN4O2/c1-23-15-11-24(10-12-5-4-8-21-9-12)18(25)16(15)17(22-19(23)26)13-6-2-3-7-14(13)20/h2-9,17H,10-11H2,1H3,(H,22,26). The molecule has 4 rings (SSSR count). The van der Waals surface area contributed by atoms with Gasteiger partial charge in [0.1, 0.15) is 5.82 Å². The first-order valence-corrected chi connectivity index (χ1v) is 8.26. The zero-order chi connectivity index (χ0) is 18.3. The van der Waals surface area contributed by atoms with Gasteiger partial charge in [-0.15, -0.1) is 0 Å². The molecule has 2 aliphatic rings. The molecule has 3 heterocycles. The van der Waals surface area contributed by atoms with Crippen molar-refractivity contribution in [2.75, 3.05) is 13.6 Å². The quantitative estimate of drug-likeness (QED) is 0.921. The molecule has 26 heavy (non-hydrogen) atoms.